The van der Waals surface area contributed by atoms with Crippen molar-refractivity contribution in [3.8, 4) is 0 Å². The van der Waals surface area contributed by atoms with Gasteiger partial charge in [-0.1, -0.05) is 47.7 Å². The predicted molar refractivity (Wildman–Crippen MR) is 114 cm³/mol. The third kappa shape index (κ3) is 3.46. The average molecular weight is 417 g/mol. The molecule has 0 aliphatic carbocycles. The zero-order chi connectivity index (χ0) is 20.5. The fourth-order valence-electron chi connectivity index (χ4n) is 3.36. The second-order valence-corrected chi connectivity index (χ2v) is 7.92. The number of carbonyl (C=O) groups is 1. The summed E-state index contributed by atoms with van der Waals surface area (Å²) in [6.45, 7) is 2.05. The number of amides is 1. The van der Waals surface area contributed by atoms with E-state index in [2.05, 4.69) is 27.8 Å². The van der Waals surface area contributed by atoms with Crippen molar-refractivity contribution in [1.82, 2.24) is 25.0 Å². The minimum atomic E-state index is -0.320. The van der Waals surface area contributed by atoms with Crippen molar-refractivity contribution in [3.05, 3.63) is 90.0 Å². The number of hydrogen-bond donors (Lipinski definition) is 1. The zero-order valence-electron chi connectivity index (χ0n) is 16.2. The predicted octanol–water partition coefficient (Wildman–Crippen LogP) is 3.85. The number of aromatic nitrogens is 3. The maximum Gasteiger partial charge on any atom is 0.252 e. The lowest BCUT2D eigenvalue weighted by Crippen LogP contribution is -2.40. The normalized spacial score (nSPS) is 16.0. The van der Waals surface area contributed by atoms with Crippen molar-refractivity contribution >= 4 is 29.0 Å². The number of hydrogen-bond acceptors (Lipinski definition) is 6. The molecule has 150 valence electrons. The van der Waals surface area contributed by atoms with Crippen molar-refractivity contribution < 1.29 is 9.21 Å². The Morgan fingerprint density at radius 1 is 1.13 bits per heavy atom. The van der Waals surface area contributed by atoms with Gasteiger partial charge >= 0.3 is 0 Å². The van der Waals surface area contributed by atoms with E-state index in [1.807, 2.05) is 66.1 Å². The monoisotopic (exact) mass is 417 g/mol. The fourth-order valence-corrected chi connectivity index (χ4v) is 4.15. The van der Waals surface area contributed by atoms with Gasteiger partial charge in [0, 0.05) is 6.20 Å². The maximum absolute atomic E-state index is 13.1. The Bertz CT molecular complexity index is 1210. The Kier molecular flexibility index (Phi) is 4.76. The fraction of sp³-hybridized carbons (Fsp3) is 0.136. The van der Waals surface area contributed by atoms with E-state index in [4.69, 9.17) is 4.42 Å². The molecule has 0 spiro atoms. The Morgan fingerprint density at radius 2 is 2.00 bits per heavy atom. The van der Waals surface area contributed by atoms with E-state index in [1.165, 1.54) is 17.3 Å². The van der Waals surface area contributed by atoms with Gasteiger partial charge in [-0.25, -0.2) is 5.01 Å². The number of aryl methyl sites for hydroxylation is 1. The van der Waals surface area contributed by atoms with Gasteiger partial charge in [-0.3, -0.25) is 14.6 Å². The molecule has 7 nitrogen and oxygen atoms in total. The lowest BCUT2D eigenvalue weighted by atomic mass is 10.1. The van der Waals surface area contributed by atoms with E-state index in [0.717, 1.165) is 16.9 Å². The van der Waals surface area contributed by atoms with E-state index >= 15 is 0 Å². The third-order valence-corrected chi connectivity index (χ3v) is 5.84. The van der Waals surface area contributed by atoms with Crippen LogP contribution in [0.5, 0.6) is 0 Å². The van der Waals surface area contributed by atoms with Gasteiger partial charge < -0.3 is 4.42 Å². The second kappa shape index (κ2) is 7.72. The molecule has 0 radical (unpaired) electrons. The van der Waals surface area contributed by atoms with Crippen LogP contribution in [0.1, 0.15) is 22.9 Å². The lowest BCUT2D eigenvalue weighted by Gasteiger charge is -2.23. The van der Waals surface area contributed by atoms with E-state index in [1.54, 1.807) is 11.3 Å². The number of nitrogens with zero attached hydrogens (tertiary/aromatic N) is 4. The summed E-state index contributed by atoms with van der Waals surface area (Å²) in [7, 11) is 0. The molecule has 1 aliphatic heterocycles. The topological polar surface area (TPSA) is 75.7 Å². The molecule has 30 heavy (non-hydrogen) atoms. The average Bonchev–Trinajstić information content (AvgIpc) is 3.51. The summed E-state index contributed by atoms with van der Waals surface area (Å²) in [5.74, 6) is 0.845. The molecule has 1 N–H and O–H groups in total. The molecule has 1 amide bonds. The third-order valence-electron chi connectivity index (χ3n) is 4.92. The van der Waals surface area contributed by atoms with E-state index < -0.39 is 0 Å². The molecule has 1 aliphatic rings. The minimum absolute atomic E-state index is 0.0764. The van der Waals surface area contributed by atoms with Gasteiger partial charge in [-0.15, -0.1) is 10.2 Å². The molecule has 1 atom stereocenters. The highest BCUT2D eigenvalue weighted by atomic mass is 32.2. The first-order valence-corrected chi connectivity index (χ1v) is 10.5. The molecule has 0 unspecified atom stereocenters. The van der Waals surface area contributed by atoms with Crippen molar-refractivity contribution in [3.63, 3.8) is 0 Å². The molecule has 0 saturated carbocycles. The highest BCUT2D eigenvalue weighted by Gasteiger charge is 2.32. The van der Waals surface area contributed by atoms with Gasteiger partial charge in [-0.2, -0.15) is 0 Å². The molecule has 5 rings (SSSR count). The molecular formula is C22H19N5O2S. The number of nitrogens with one attached hydrogen (secondary N) is 1. The molecule has 8 heteroatoms. The Hall–Kier alpha value is -3.52. The van der Waals surface area contributed by atoms with Crippen LogP contribution in [-0.2, 0) is 4.79 Å². The number of benzene rings is 1. The quantitative estimate of drug-likeness (QED) is 0.497. The van der Waals surface area contributed by atoms with Gasteiger partial charge in [0.1, 0.15) is 11.8 Å². The van der Waals surface area contributed by atoms with Crippen molar-refractivity contribution in [2.24, 2.45) is 0 Å². The Balaban J connectivity index is 1.36. The summed E-state index contributed by atoms with van der Waals surface area (Å²) >= 11 is 1.35. The smallest absolute Gasteiger partial charge is 0.252 e. The van der Waals surface area contributed by atoms with Crippen molar-refractivity contribution in [2.45, 2.75) is 18.1 Å². The van der Waals surface area contributed by atoms with Crippen LogP contribution >= 0.6 is 11.8 Å². The number of fused-ring (bicyclic) bond motifs is 1. The maximum atomic E-state index is 13.1. The minimum Gasteiger partial charge on any atom is -0.467 e. The summed E-state index contributed by atoms with van der Waals surface area (Å²) in [4.78, 5) is 13.1. The standard InChI is InChI=1S/C22H19N5O2S/c1-15-7-9-16(10-8-15)17-13-18(19-5-4-12-29-19)27(25-17)21(28)14-30-22-24-23-20-6-2-3-11-26(20)22/h2-13,18,25H,14H2,1H3/t18-/m0/s1. The van der Waals surface area contributed by atoms with Crippen LogP contribution in [0, 0.1) is 6.92 Å². The van der Waals surface area contributed by atoms with E-state index in [9.17, 15) is 4.79 Å². The van der Waals surface area contributed by atoms with Crippen LogP contribution in [0.25, 0.3) is 11.3 Å². The first kappa shape index (κ1) is 18.5. The van der Waals surface area contributed by atoms with Crippen LogP contribution in [0.15, 0.2) is 82.7 Å². The molecule has 0 fully saturated rings. The highest BCUT2D eigenvalue weighted by Crippen LogP contribution is 2.32. The number of thioether (sulfide) groups is 1. The number of carbonyl (C=O) groups excluding carboxylic acids is 1. The van der Waals surface area contributed by atoms with Crippen LogP contribution in [0.3, 0.4) is 0 Å². The first-order valence-electron chi connectivity index (χ1n) is 9.52. The molecule has 1 aromatic carbocycles. The van der Waals surface area contributed by atoms with E-state index in [-0.39, 0.29) is 17.7 Å². The van der Waals surface area contributed by atoms with Gasteiger partial charge in [0.2, 0.25) is 0 Å². The highest BCUT2D eigenvalue weighted by molar-refractivity contribution is 7.99. The second-order valence-electron chi connectivity index (χ2n) is 6.98. The largest absolute Gasteiger partial charge is 0.467 e. The van der Waals surface area contributed by atoms with Gasteiger partial charge in [0.05, 0.1) is 17.7 Å². The first-order chi connectivity index (χ1) is 14.7. The van der Waals surface area contributed by atoms with Gasteiger partial charge in [0.15, 0.2) is 10.8 Å². The molecule has 0 saturated heterocycles. The van der Waals surface area contributed by atoms with Crippen LogP contribution in [0.2, 0.25) is 0 Å². The number of hydrazine groups is 1. The van der Waals surface area contributed by atoms with Crippen LogP contribution < -0.4 is 5.43 Å². The zero-order valence-corrected chi connectivity index (χ0v) is 17.0. The summed E-state index contributed by atoms with van der Waals surface area (Å²) < 4.78 is 7.47. The lowest BCUT2D eigenvalue weighted by molar-refractivity contribution is -0.131. The molecule has 4 heterocycles. The summed E-state index contributed by atoms with van der Waals surface area (Å²) in [5.41, 5.74) is 7.09. The van der Waals surface area contributed by atoms with Crippen LogP contribution in [-0.4, -0.2) is 31.3 Å². The molecule has 0 bridgehead atoms. The molecular weight excluding hydrogens is 398 g/mol. The van der Waals surface area contributed by atoms with Crippen LogP contribution in [0.4, 0.5) is 0 Å². The van der Waals surface area contributed by atoms with Gasteiger partial charge in [0.25, 0.3) is 5.91 Å². The van der Waals surface area contributed by atoms with E-state index in [0.29, 0.717) is 10.9 Å². The summed E-state index contributed by atoms with van der Waals surface area (Å²) in [5, 5.41) is 10.6. The van der Waals surface area contributed by atoms with Crippen molar-refractivity contribution in [1.29, 1.82) is 0 Å². The van der Waals surface area contributed by atoms with Crippen molar-refractivity contribution in [2.75, 3.05) is 5.75 Å². The summed E-state index contributed by atoms with van der Waals surface area (Å²) in [6, 6.07) is 17.3. The summed E-state index contributed by atoms with van der Waals surface area (Å²) in [6.07, 6.45) is 5.52. The SMILES string of the molecule is Cc1ccc(C2=C[C@@H](c3ccco3)N(C(=O)CSc3nnc4ccccn34)N2)cc1. The Morgan fingerprint density at radius 3 is 2.80 bits per heavy atom. The number of furan rings is 1. The Labute approximate surface area is 177 Å². The van der Waals surface area contributed by atoms with Gasteiger partial charge in [-0.05, 0) is 42.8 Å². The molecule has 4 aromatic rings. The number of pyridine rings is 1. The molecule has 3 aromatic heterocycles. The number of rotatable bonds is 5.